The van der Waals surface area contributed by atoms with E-state index in [2.05, 4.69) is 0 Å². The zero-order valence-corrected chi connectivity index (χ0v) is 9.85. The SMILES string of the molecule is Oc1ccc(C2OOC2c2cc(O)cc(O)c2)cc1. The van der Waals surface area contributed by atoms with Crippen molar-refractivity contribution in [2.45, 2.75) is 12.2 Å². The molecule has 0 aliphatic carbocycles. The molecule has 19 heavy (non-hydrogen) atoms. The predicted molar refractivity (Wildman–Crippen MR) is 65.5 cm³/mol. The van der Waals surface area contributed by atoms with Gasteiger partial charge in [-0.05, 0) is 35.4 Å². The van der Waals surface area contributed by atoms with Crippen LogP contribution in [0, 0.1) is 0 Å². The fourth-order valence-corrected chi connectivity index (χ4v) is 2.07. The van der Waals surface area contributed by atoms with Gasteiger partial charge in [0.15, 0.2) is 12.2 Å². The molecule has 3 N–H and O–H groups in total. The van der Waals surface area contributed by atoms with Crippen LogP contribution < -0.4 is 0 Å². The lowest BCUT2D eigenvalue weighted by molar-refractivity contribution is -0.475. The van der Waals surface area contributed by atoms with E-state index in [4.69, 9.17) is 9.78 Å². The maximum atomic E-state index is 9.47. The molecular formula is C14H12O5. The maximum Gasteiger partial charge on any atom is 0.152 e. The molecule has 0 aromatic heterocycles. The van der Waals surface area contributed by atoms with Gasteiger partial charge in [-0.2, -0.15) is 0 Å². The lowest BCUT2D eigenvalue weighted by atomic mass is 9.96. The Kier molecular flexibility index (Phi) is 2.77. The number of phenols is 3. The monoisotopic (exact) mass is 260 g/mol. The Morgan fingerprint density at radius 3 is 1.68 bits per heavy atom. The van der Waals surface area contributed by atoms with Crippen molar-refractivity contribution >= 4 is 0 Å². The van der Waals surface area contributed by atoms with Crippen LogP contribution in [0.1, 0.15) is 23.3 Å². The largest absolute Gasteiger partial charge is 0.508 e. The number of benzene rings is 2. The summed E-state index contributed by atoms with van der Waals surface area (Å²) in [4.78, 5) is 10.1. The molecular weight excluding hydrogens is 248 g/mol. The van der Waals surface area contributed by atoms with E-state index in [0.717, 1.165) is 5.56 Å². The average Bonchev–Trinajstić information content (AvgIpc) is 2.29. The zero-order valence-electron chi connectivity index (χ0n) is 9.85. The Balaban J connectivity index is 1.88. The van der Waals surface area contributed by atoms with Gasteiger partial charge in [0.1, 0.15) is 17.2 Å². The highest BCUT2D eigenvalue weighted by molar-refractivity contribution is 5.39. The van der Waals surface area contributed by atoms with Gasteiger partial charge in [-0.15, -0.1) is 0 Å². The first kappa shape index (κ1) is 11.8. The molecule has 5 nitrogen and oxygen atoms in total. The van der Waals surface area contributed by atoms with E-state index < -0.39 is 6.10 Å². The molecule has 0 radical (unpaired) electrons. The normalized spacial score (nSPS) is 21.9. The summed E-state index contributed by atoms with van der Waals surface area (Å²) >= 11 is 0. The molecule has 2 atom stereocenters. The Bertz CT molecular complexity index is 573. The molecule has 0 spiro atoms. The van der Waals surface area contributed by atoms with Crippen molar-refractivity contribution in [2.75, 3.05) is 0 Å². The van der Waals surface area contributed by atoms with Crippen molar-refractivity contribution < 1.29 is 25.1 Å². The van der Waals surface area contributed by atoms with Crippen LogP contribution in [0.4, 0.5) is 0 Å². The van der Waals surface area contributed by atoms with Crippen LogP contribution in [0.2, 0.25) is 0 Å². The molecule has 1 saturated heterocycles. The fourth-order valence-electron chi connectivity index (χ4n) is 2.07. The maximum absolute atomic E-state index is 9.47. The Morgan fingerprint density at radius 2 is 1.16 bits per heavy atom. The van der Waals surface area contributed by atoms with Gasteiger partial charge < -0.3 is 15.3 Å². The first-order chi connectivity index (χ1) is 9.13. The Labute approximate surface area is 109 Å². The number of phenolic OH excluding ortho intramolecular Hbond substituents is 3. The van der Waals surface area contributed by atoms with Gasteiger partial charge in [0, 0.05) is 6.07 Å². The minimum Gasteiger partial charge on any atom is -0.508 e. The lowest BCUT2D eigenvalue weighted by Gasteiger charge is -2.35. The van der Waals surface area contributed by atoms with Gasteiger partial charge >= 0.3 is 0 Å². The van der Waals surface area contributed by atoms with Gasteiger partial charge in [0.05, 0.1) is 0 Å². The van der Waals surface area contributed by atoms with Crippen molar-refractivity contribution in [1.82, 2.24) is 0 Å². The van der Waals surface area contributed by atoms with Crippen molar-refractivity contribution in [3.63, 3.8) is 0 Å². The third-order valence-corrected chi connectivity index (χ3v) is 3.01. The smallest absolute Gasteiger partial charge is 0.152 e. The predicted octanol–water partition coefficient (Wildman–Crippen LogP) is 2.55. The van der Waals surface area contributed by atoms with Crippen molar-refractivity contribution in [2.24, 2.45) is 0 Å². The molecule has 1 aliphatic heterocycles. The molecule has 2 aromatic carbocycles. The lowest BCUT2D eigenvalue weighted by Crippen LogP contribution is -2.27. The van der Waals surface area contributed by atoms with Gasteiger partial charge in [0.25, 0.3) is 0 Å². The molecule has 0 saturated carbocycles. The quantitative estimate of drug-likeness (QED) is 0.723. The first-order valence-corrected chi connectivity index (χ1v) is 5.77. The molecule has 5 heteroatoms. The van der Waals surface area contributed by atoms with Crippen molar-refractivity contribution in [3.8, 4) is 17.2 Å². The van der Waals surface area contributed by atoms with Gasteiger partial charge in [-0.25, -0.2) is 9.78 Å². The molecule has 0 bridgehead atoms. The molecule has 0 amide bonds. The van der Waals surface area contributed by atoms with E-state index in [-0.39, 0.29) is 23.4 Å². The van der Waals surface area contributed by atoms with Crippen molar-refractivity contribution in [3.05, 3.63) is 53.6 Å². The fraction of sp³-hybridized carbons (Fsp3) is 0.143. The molecule has 1 fully saturated rings. The van der Waals surface area contributed by atoms with Gasteiger partial charge in [0.2, 0.25) is 0 Å². The number of hydrogen-bond acceptors (Lipinski definition) is 5. The topological polar surface area (TPSA) is 79.2 Å². The van der Waals surface area contributed by atoms with E-state index in [1.54, 1.807) is 24.3 Å². The van der Waals surface area contributed by atoms with E-state index in [1.807, 2.05) is 0 Å². The number of rotatable bonds is 2. The van der Waals surface area contributed by atoms with Crippen LogP contribution in [0.5, 0.6) is 17.2 Å². The third-order valence-electron chi connectivity index (χ3n) is 3.01. The number of hydrogen-bond donors (Lipinski definition) is 3. The van der Waals surface area contributed by atoms with Crippen LogP contribution in [-0.4, -0.2) is 15.3 Å². The first-order valence-electron chi connectivity index (χ1n) is 5.77. The Morgan fingerprint density at radius 1 is 0.632 bits per heavy atom. The summed E-state index contributed by atoms with van der Waals surface area (Å²) in [7, 11) is 0. The minimum atomic E-state index is -0.400. The Hall–Kier alpha value is -2.24. The van der Waals surface area contributed by atoms with E-state index >= 15 is 0 Å². The van der Waals surface area contributed by atoms with E-state index in [9.17, 15) is 15.3 Å². The summed E-state index contributed by atoms with van der Waals surface area (Å²) in [5, 5.41) is 28.2. The van der Waals surface area contributed by atoms with Crippen LogP contribution >= 0.6 is 0 Å². The molecule has 2 unspecified atom stereocenters. The van der Waals surface area contributed by atoms with Crippen LogP contribution in [0.15, 0.2) is 42.5 Å². The summed E-state index contributed by atoms with van der Waals surface area (Å²) in [5.74, 6) is 0.112. The van der Waals surface area contributed by atoms with Crippen LogP contribution in [-0.2, 0) is 9.78 Å². The highest BCUT2D eigenvalue weighted by atomic mass is 17.2. The highest BCUT2D eigenvalue weighted by Gasteiger charge is 2.38. The molecule has 98 valence electrons. The highest BCUT2D eigenvalue weighted by Crippen LogP contribution is 2.45. The number of aromatic hydroxyl groups is 3. The molecule has 3 rings (SSSR count). The third kappa shape index (κ3) is 2.21. The zero-order chi connectivity index (χ0) is 13.4. The van der Waals surface area contributed by atoms with E-state index in [1.165, 1.54) is 18.2 Å². The molecule has 1 heterocycles. The summed E-state index contributed by atoms with van der Waals surface area (Å²) in [6, 6.07) is 10.9. The summed E-state index contributed by atoms with van der Waals surface area (Å²) < 4.78 is 0. The van der Waals surface area contributed by atoms with Gasteiger partial charge in [-0.3, -0.25) is 0 Å². The second-order valence-corrected chi connectivity index (χ2v) is 4.41. The van der Waals surface area contributed by atoms with E-state index in [0.29, 0.717) is 5.56 Å². The van der Waals surface area contributed by atoms with Gasteiger partial charge in [-0.1, -0.05) is 12.1 Å². The second kappa shape index (κ2) is 4.46. The summed E-state index contributed by atoms with van der Waals surface area (Å²) in [6.07, 6.45) is -0.732. The second-order valence-electron chi connectivity index (χ2n) is 4.41. The van der Waals surface area contributed by atoms with Crippen LogP contribution in [0.3, 0.4) is 0 Å². The van der Waals surface area contributed by atoms with Crippen LogP contribution in [0.25, 0.3) is 0 Å². The standard InChI is InChI=1S/C14H12O5/c15-10-3-1-8(2-4-10)13-14(19-18-13)9-5-11(16)7-12(17)6-9/h1-7,13-17H. The average molecular weight is 260 g/mol. The minimum absolute atomic E-state index is 0.0324. The summed E-state index contributed by atoms with van der Waals surface area (Å²) in [5.41, 5.74) is 1.47. The summed E-state index contributed by atoms with van der Waals surface area (Å²) in [6.45, 7) is 0. The van der Waals surface area contributed by atoms with Crippen molar-refractivity contribution in [1.29, 1.82) is 0 Å². The molecule has 2 aromatic rings. The molecule has 1 aliphatic rings.